The van der Waals surface area contributed by atoms with Gasteiger partial charge in [0.15, 0.2) is 5.82 Å². The van der Waals surface area contributed by atoms with Gasteiger partial charge in [-0.2, -0.15) is 4.98 Å². The van der Waals surface area contributed by atoms with Crippen molar-refractivity contribution in [2.75, 3.05) is 6.61 Å². The van der Waals surface area contributed by atoms with Gasteiger partial charge in [0.25, 0.3) is 5.91 Å². The molecule has 8 nitrogen and oxygen atoms in total. The molecular formula is C18H18ClN5O3. The van der Waals surface area contributed by atoms with Crippen LogP contribution in [0.5, 0.6) is 0 Å². The number of carbonyl (C=O) groups excluding carboxylic acids is 1. The average molecular weight is 388 g/mol. The number of halogens is 1. The second-order valence-electron chi connectivity index (χ2n) is 6.42. The summed E-state index contributed by atoms with van der Waals surface area (Å²) in [5, 5.41) is 7.49. The summed E-state index contributed by atoms with van der Waals surface area (Å²) < 4.78 is 12.8. The number of ether oxygens (including phenoxy) is 1. The molecule has 140 valence electrons. The lowest BCUT2D eigenvalue weighted by Gasteiger charge is -2.09. The smallest absolute Gasteiger partial charge is 0.269 e. The Bertz CT molecular complexity index is 937. The minimum atomic E-state index is -0.248. The van der Waals surface area contributed by atoms with E-state index in [2.05, 4.69) is 20.4 Å². The van der Waals surface area contributed by atoms with Gasteiger partial charge < -0.3 is 19.1 Å². The van der Waals surface area contributed by atoms with Crippen molar-refractivity contribution in [1.82, 2.24) is 25.0 Å². The topological polar surface area (TPSA) is 95.1 Å². The van der Waals surface area contributed by atoms with Crippen LogP contribution in [-0.2, 0) is 18.3 Å². The fraction of sp³-hybridized carbons (Fsp3) is 0.333. The number of rotatable bonds is 5. The van der Waals surface area contributed by atoms with E-state index in [0.29, 0.717) is 29.0 Å². The van der Waals surface area contributed by atoms with Crippen LogP contribution >= 0.6 is 11.6 Å². The zero-order valence-electron chi connectivity index (χ0n) is 14.6. The van der Waals surface area contributed by atoms with Gasteiger partial charge in [-0.25, -0.2) is 4.98 Å². The third-order valence-corrected chi connectivity index (χ3v) is 4.79. The summed E-state index contributed by atoms with van der Waals surface area (Å²) in [5.74, 6) is 0.754. The van der Waals surface area contributed by atoms with Crippen molar-refractivity contribution < 1.29 is 14.1 Å². The molecule has 4 rings (SSSR count). The normalized spacial score (nSPS) is 19.3. The first-order chi connectivity index (χ1) is 13.1. The average Bonchev–Trinajstić information content (AvgIpc) is 3.40. The van der Waals surface area contributed by atoms with E-state index in [4.69, 9.17) is 20.9 Å². The first-order valence-electron chi connectivity index (χ1n) is 8.54. The Labute approximate surface area is 160 Å². The van der Waals surface area contributed by atoms with E-state index >= 15 is 0 Å². The Balaban J connectivity index is 1.35. The van der Waals surface area contributed by atoms with Crippen LogP contribution in [0, 0.1) is 0 Å². The van der Waals surface area contributed by atoms with Crippen LogP contribution in [-0.4, -0.2) is 32.2 Å². The summed E-state index contributed by atoms with van der Waals surface area (Å²) in [5.41, 5.74) is 1.54. The van der Waals surface area contributed by atoms with Crippen molar-refractivity contribution in [2.24, 2.45) is 7.05 Å². The Morgan fingerprint density at radius 1 is 1.37 bits per heavy atom. The van der Waals surface area contributed by atoms with E-state index in [1.54, 1.807) is 17.9 Å². The van der Waals surface area contributed by atoms with Crippen LogP contribution in [0.1, 0.15) is 46.2 Å². The Hall–Kier alpha value is -2.71. The quantitative estimate of drug-likeness (QED) is 0.723. The molecule has 0 radical (unpaired) electrons. The molecule has 9 heteroatoms. The summed E-state index contributed by atoms with van der Waals surface area (Å²) >= 11 is 5.93. The molecule has 2 atom stereocenters. The fourth-order valence-corrected chi connectivity index (χ4v) is 3.17. The number of aryl methyl sites for hydroxylation is 1. The molecule has 1 aliphatic rings. The van der Waals surface area contributed by atoms with Crippen molar-refractivity contribution in [3.63, 3.8) is 0 Å². The molecule has 1 saturated heterocycles. The Kier molecular flexibility index (Phi) is 4.91. The number of nitrogens with zero attached hydrogens (tertiary/aromatic N) is 4. The first-order valence-corrected chi connectivity index (χ1v) is 8.92. The first kappa shape index (κ1) is 17.7. The van der Waals surface area contributed by atoms with Gasteiger partial charge in [0.05, 0.1) is 31.8 Å². The highest BCUT2D eigenvalue weighted by Crippen LogP contribution is 2.37. The largest absolute Gasteiger partial charge is 0.373 e. The highest BCUT2D eigenvalue weighted by molar-refractivity contribution is 6.30. The molecule has 1 fully saturated rings. The minimum Gasteiger partial charge on any atom is -0.373 e. The molecule has 3 heterocycles. The molecule has 0 spiro atoms. The van der Waals surface area contributed by atoms with Crippen molar-refractivity contribution in [3.05, 3.63) is 64.8 Å². The van der Waals surface area contributed by atoms with Crippen molar-refractivity contribution in [2.45, 2.75) is 25.0 Å². The van der Waals surface area contributed by atoms with Gasteiger partial charge in [-0.15, -0.1) is 0 Å². The summed E-state index contributed by atoms with van der Waals surface area (Å²) in [7, 11) is 1.75. The number of amides is 1. The highest BCUT2D eigenvalue weighted by atomic mass is 35.5. The van der Waals surface area contributed by atoms with Crippen LogP contribution < -0.4 is 5.32 Å². The van der Waals surface area contributed by atoms with Crippen LogP contribution in [0.25, 0.3) is 0 Å². The van der Waals surface area contributed by atoms with Crippen molar-refractivity contribution in [3.8, 4) is 0 Å². The van der Waals surface area contributed by atoms with Crippen LogP contribution in [0.15, 0.2) is 41.3 Å². The number of hydrogen-bond acceptors (Lipinski definition) is 6. The summed E-state index contributed by atoms with van der Waals surface area (Å²) in [6.45, 7) is 0.679. The maximum atomic E-state index is 12.1. The Morgan fingerprint density at radius 2 is 2.19 bits per heavy atom. The third-order valence-electron chi connectivity index (χ3n) is 4.54. The molecular weight excluding hydrogens is 370 g/mol. The monoisotopic (exact) mass is 387 g/mol. The summed E-state index contributed by atoms with van der Waals surface area (Å²) in [6.07, 6.45) is 3.82. The maximum Gasteiger partial charge on any atom is 0.269 e. The molecule has 1 amide bonds. The number of nitrogens with one attached hydrogen (secondary N) is 1. The number of aromatic nitrogens is 4. The second kappa shape index (κ2) is 7.50. The predicted molar refractivity (Wildman–Crippen MR) is 96.2 cm³/mol. The molecule has 2 aromatic heterocycles. The van der Waals surface area contributed by atoms with Gasteiger partial charge in [-0.05, 0) is 24.1 Å². The molecule has 1 aliphatic heterocycles. The maximum absolute atomic E-state index is 12.1. The summed E-state index contributed by atoms with van der Waals surface area (Å²) in [4.78, 5) is 20.4. The third kappa shape index (κ3) is 3.86. The van der Waals surface area contributed by atoms with E-state index in [1.807, 2.05) is 24.3 Å². The van der Waals surface area contributed by atoms with Crippen LogP contribution in [0.4, 0.5) is 0 Å². The van der Waals surface area contributed by atoms with Gasteiger partial charge >= 0.3 is 0 Å². The molecule has 1 N–H and O–H groups in total. The van der Waals surface area contributed by atoms with Gasteiger partial charge in [0, 0.05) is 18.0 Å². The number of imidazole rings is 1. The predicted octanol–water partition coefficient (Wildman–Crippen LogP) is 2.63. The molecule has 0 unspecified atom stereocenters. The molecule has 0 bridgehead atoms. The SMILES string of the molecule is Cn1cncc1C(=O)NCc1nc([C@H]2CO[C@H](c3ccc(Cl)cc3)C2)no1. The molecule has 0 aliphatic carbocycles. The zero-order chi connectivity index (χ0) is 18.8. The van der Waals surface area contributed by atoms with Gasteiger partial charge in [-0.1, -0.05) is 28.9 Å². The standard InChI is InChI=1S/C18H18ClN5O3/c1-24-10-20-7-14(24)18(25)21-8-16-22-17(23-27-16)12-6-15(26-9-12)11-2-4-13(19)5-3-11/h2-5,7,10,12,15H,6,8-9H2,1H3,(H,21,25)/t12-,15+/m1/s1. The molecule has 3 aromatic rings. The van der Waals surface area contributed by atoms with Crippen LogP contribution in [0.2, 0.25) is 5.02 Å². The van der Waals surface area contributed by atoms with E-state index in [9.17, 15) is 4.79 Å². The lowest BCUT2D eigenvalue weighted by Crippen LogP contribution is -2.24. The van der Waals surface area contributed by atoms with Crippen molar-refractivity contribution in [1.29, 1.82) is 0 Å². The highest BCUT2D eigenvalue weighted by Gasteiger charge is 2.31. The minimum absolute atomic E-state index is 0.0150. The summed E-state index contributed by atoms with van der Waals surface area (Å²) in [6, 6.07) is 7.63. The van der Waals surface area contributed by atoms with Crippen molar-refractivity contribution >= 4 is 17.5 Å². The Morgan fingerprint density at radius 3 is 2.93 bits per heavy atom. The zero-order valence-corrected chi connectivity index (χ0v) is 15.4. The van der Waals surface area contributed by atoms with E-state index in [1.165, 1.54) is 6.20 Å². The van der Waals surface area contributed by atoms with E-state index < -0.39 is 0 Å². The number of carbonyl (C=O) groups is 1. The lowest BCUT2D eigenvalue weighted by molar-refractivity contribution is 0.0938. The van der Waals surface area contributed by atoms with Gasteiger partial charge in [-0.3, -0.25) is 4.79 Å². The van der Waals surface area contributed by atoms with E-state index in [-0.39, 0.29) is 24.5 Å². The lowest BCUT2D eigenvalue weighted by atomic mass is 10.0. The molecule has 0 saturated carbocycles. The van der Waals surface area contributed by atoms with Gasteiger partial charge in [0.1, 0.15) is 5.69 Å². The van der Waals surface area contributed by atoms with Gasteiger partial charge in [0.2, 0.25) is 5.89 Å². The number of hydrogen-bond donors (Lipinski definition) is 1. The second-order valence-corrected chi connectivity index (χ2v) is 6.86. The molecule has 27 heavy (non-hydrogen) atoms. The fourth-order valence-electron chi connectivity index (χ4n) is 3.04. The van der Waals surface area contributed by atoms with Crippen LogP contribution in [0.3, 0.4) is 0 Å². The van der Waals surface area contributed by atoms with E-state index in [0.717, 1.165) is 12.0 Å². The number of benzene rings is 1. The molecule has 1 aromatic carbocycles.